The fourth-order valence-corrected chi connectivity index (χ4v) is 4.85. The zero-order chi connectivity index (χ0) is 14.4. The standard InChI is InChI=1S/C15H18O3S2/c1-2-18-14(17)10-13(16)11-4-6-12(7-5-11)15-19-8-3-9-20-15/h4-7,15H,2-3,8-10H2,1H3. The summed E-state index contributed by atoms with van der Waals surface area (Å²) >= 11 is 3.90. The Morgan fingerprint density at radius 3 is 2.45 bits per heavy atom. The fourth-order valence-electron chi connectivity index (χ4n) is 1.95. The minimum absolute atomic E-state index is 0.180. The summed E-state index contributed by atoms with van der Waals surface area (Å²) in [7, 11) is 0. The lowest BCUT2D eigenvalue weighted by Crippen LogP contribution is -2.11. The Morgan fingerprint density at radius 2 is 1.85 bits per heavy atom. The number of rotatable bonds is 5. The van der Waals surface area contributed by atoms with E-state index in [1.807, 2.05) is 47.8 Å². The summed E-state index contributed by atoms with van der Waals surface area (Å²) in [6.07, 6.45) is 1.09. The minimum Gasteiger partial charge on any atom is -0.466 e. The molecule has 1 aliphatic heterocycles. The Labute approximate surface area is 127 Å². The van der Waals surface area contributed by atoms with Gasteiger partial charge < -0.3 is 4.74 Å². The number of thioether (sulfide) groups is 2. The van der Waals surface area contributed by atoms with E-state index in [1.54, 1.807) is 6.92 Å². The molecule has 0 atom stereocenters. The van der Waals surface area contributed by atoms with Crippen LogP contribution in [0.4, 0.5) is 0 Å². The number of hydrogen-bond acceptors (Lipinski definition) is 5. The van der Waals surface area contributed by atoms with Crippen LogP contribution >= 0.6 is 23.5 Å². The van der Waals surface area contributed by atoms with E-state index in [4.69, 9.17) is 4.74 Å². The van der Waals surface area contributed by atoms with Crippen molar-refractivity contribution < 1.29 is 14.3 Å². The van der Waals surface area contributed by atoms with Gasteiger partial charge in [-0.05, 0) is 30.4 Å². The number of benzene rings is 1. The first-order valence-corrected chi connectivity index (χ1v) is 8.82. The third kappa shape index (κ3) is 4.28. The van der Waals surface area contributed by atoms with Crippen LogP contribution in [0.2, 0.25) is 0 Å². The summed E-state index contributed by atoms with van der Waals surface area (Å²) < 4.78 is 5.26. The van der Waals surface area contributed by atoms with E-state index in [9.17, 15) is 9.59 Å². The normalized spacial score (nSPS) is 15.8. The molecule has 108 valence electrons. The van der Waals surface area contributed by atoms with E-state index in [2.05, 4.69) is 0 Å². The predicted molar refractivity (Wildman–Crippen MR) is 84.3 cm³/mol. The molecule has 1 aliphatic rings. The Hall–Kier alpha value is -0.940. The predicted octanol–water partition coefficient (Wildman–Crippen LogP) is 3.69. The first-order valence-electron chi connectivity index (χ1n) is 6.72. The summed E-state index contributed by atoms with van der Waals surface area (Å²) in [4.78, 5) is 23.2. The van der Waals surface area contributed by atoms with Gasteiger partial charge in [0.25, 0.3) is 0 Å². The molecule has 1 saturated heterocycles. The van der Waals surface area contributed by atoms with Crippen LogP contribution in [0.15, 0.2) is 24.3 Å². The molecule has 5 heteroatoms. The average molecular weight is 310 g/mol. The van der Waals surface area contributed by atoms with E-state index < -0.39 is 5.97 Å². The lowest BCUT2D eigenvalue weighted by Gasteiger charge is -2.21. The quantitative estimate of drug-likeness (QED) is 0.471. The molecule has 0 aliphatic carbocycles. The van der Waals surface area contributed by atoms with Gasteiger partial charge in [0.1, 0.15) is 6.42 Å². The van der Waals surface area contributed by atoms with Crippen molar-refractivity contribution in [3.8, 4) is 0 Å². The summed E-state index contributed by atoms with van der Waals surface area (Å²) in [5.74, 6) is 1.75. The highest BCUT2D eigenvalue weighted by atomic mass is 32.2. The number of ether oxygens (including phenoxy) is 1. The van der Waals surface area contributed by atoms with Crippen LogP contribution in [0.3, 0.4) is 0 Å². The maximum atomic E-state index is 11.9. The molecule has 0 saturated carbocycles. The molecule has 0 radical (unpaired) electrons. The van der Waals surface area contributed by atoms with Gasteiger partial charge in [-0.1, -0.05) is 24.3 Å². The molecule has 1 fully saturated rings. The van der Waals surface area contributed by atoms with Crippen molar-refractivity contribution in [3.05, 3.63) is 35.4 Å². The van der Waals surface area contributed by atoms with Gasteiger partial charge in [-0.3, -0.25) is 9.59 Å². The van der Waals surface area contributed by atoms with E-state index >= 15 is 0 Å². The monoisotopic (exact) mass is 310 g/mol. The van der Waals surface area contributed by atoms with Crippen LogP contribution in [-0.2, 0) is 9.53 Å². The molecule has 20 heavy (non-hydrogen) atoms. The maximum absolute atomic E-state index is 11.9. The third-order valence-corrected chi connectivity index (χ3v) is 5.96. The lowest BCUT2D eigenvalue weighted by molar-refractivity contribution is -0.141. The lowest BCUT2D eigenvalue weighted by atomic mass is 10.1. The number of ketones is 1. The average Bonchev–Trinajstić information content (AvgIpc) is 2.48. The second kappa shape index (κ2) is 7.74. The molecule has 0 N–H and O–H groups in total. The smallest absolute Gasteiger partial charge is 0.313 e. The van der Waals surface area contributed by atoms with Gasteiger partial charge in [-0.25, -0.2) is 0 Å². The number of esters is 1. The second-order valence-corrected chi connectivity index (χ2v) is 7.18. The summed E-state index contributed by atoms with van der Waals surface area (Å²) in [6.45, 7) is 2.04. The van der Waals surface area contributed by atoms with Gasteiger partial charge in [0.15, 0.2) is 5.78 Å². The summed E-state index contributed by atoms with van der Waals surface area (Å²) in [5.41, 5.74) is 1.82. The Balaban J connectivity index is 1.96. The summed E-state index contributed by atoms with van der Waals surface area (Å²) in [6, 6.07) is 7.61. The Morgan fingerprint density at radius 1 is 1.20 bits per heavy atom. The Kier molecular flexibility index (Phi) is 5.98. The first-order chi connectivity index (χ1) is 9.70. The van der Waals surface area contributed by atoms with Crippen LogP contribution in [0, 0.1) is 0 Å². The molecule has 0 spiro atoms. The first kappa shape index (κ1) is 15.4. The van der Waals surface area contributed by atoms with Crippen molar-refractivity contribution in [2.45, 2.75) is 24.3 Å². The van der Waals surface area contributed by atoms with Crippen LogP contribution in [0.1, 0.15) is 40.3 Å². The Bertz CT molecular complexity index is 465. The van der Waals surface area contributed by atoms with Crippen molar-refractivity contribution >= 4 is 35.3 Å². The SMILES string of the molecule is CCOC(=O)CC(=O)c1ccc(C2SCCCS2)cc1. The van der Waals surface area contributed by atoms with Gasteiger partial charge in [0, 0.05) is 5.56 Å². The number of Topliss-reactive ketones (excluding diaryl/α,β-unsaturated/α-hetero) is 1. The van der Waals surface area contributed by atoms with Gasteiger partial charge >= 0.3 is 5.97 Å². The van der Waals surface area contributed by atoms with Crippen molar-refractivity contribution in [1.29, 1.82) is 0 Å². The fraction of sp³-hybridized carbons (Fsp3) is 0.467. The molecule has 1 aromatic carbocycles. The maximum Gasteiger partial charge on any atom is 0.313 e. The van der Waals surface area contributed by atoms with E-state index in [0.29, 0.717) is 16.8 Å². The molecular formula is C15H18O3S2. The zero-order valence-corrected chi connectivity index (χ0v) is 13.1. The van der Waals surface area contributed by atoms with Crippen molar-refractivity contribution in [1.82, 2.24) is 0 Å². The van der Waals surface area contributed by atoms with E-state index in [0.717, 1.165) is 0 Å². The molecule has 0 amide bonds. The molecule has 2 rings (SSSR count). The molecule has 0 bridgehead atoms. The molecule has 0 aromatic heterocycles. The van der Waals surface area contributed by atoms with Gasteiger partial charge in [0.2, 0.25) is 0 Å². The van der Waals surface area contributed by atoms with Crippen LogP contribution in [0.25, 0.3) is 0 Å². The second-order valence-electron chi connectivity index (χ2n) is 4.45. The molecule has 1 aromatic rings. The van der Waals surface area contributed by atoms with Crippen LogP contribution in [0.5, 0.6) is 0 Å². The third-order valence-electron chi connectivity index (χ3n) is 2.94. The van der Waals surface area contributed by atoms with E-state index in [-0.39, 0.29) is 12.2 Å². The van der Waals surface area contributed by atoms with Gasteiger partial charge in [-0.15, -0.1) is 23.5 Å². The minimum atomic E-state index is -0.458. The molecular weight excluding hydrogens is 292 g/mol. The zero-order valence-electron chi connectivity index (χ0n) is 11.5. The van der Waals surface area contributed by atoms with Crippen molar-refractivity contribution in [2.24, 2.45) is 0 Å². The van der Waals surface area contributed by atoms with Crippen LogP contribution < -0.4 is 0 Å². The topological polar surface area (TPSA) is 43.4 Å². The van der Waals surface area contributed by atoms with E-state index in [1.165, 1.54) is 23.5 Å². The van der Waals surface area contributed by atoms with Crippen LogP contribution in [-0.4, -0.2) is 29.9 Å². The highest BCUT2D eigenvalue weighted by Gasteiger charge is 2.17. The van der Waals surface area contributed by atoms with Gasteiger partial charge in [-0.2, -0.15) is 0 Å². The number of hydrogen-bond donors (Lipinski definition) is 0. The summed E-state index contributed by atoms with van der Waals surface area (Å²) in [5, 5.41) is 0. The molecule has 1 heterocycles. The van der Waals surface area contributed by atoms with Crippen molar-refractivity contribution in [2.75, 3.05) is 18.1 Å². The number of carbonyl (C=O) groups excluding carboxylic acids is 2. The molecule has 3 nitrogen and oxygen atoms in total. The molecule has 0 unspecified atom stereocenters. The largest absolute Gasteiger partial charge is 0.466 e. The van der Waals surface area contributed by atoms with Gasteiger partial charge in [0.05, 0.1) is 11.2 Å². The highest BCUT2D eigenvalue weighted by Crippen LogP contribution is 2.43. The highest BCUT2D eigenvalue weighted by molar-refractivity contribution is 8.16. The number of carbonyl (C=O) groups is 2. The van der Waals surface area contributed by atoms with Crippen molar-refractivity contribution in [3.63, 3.8) is 0 Å².